The van der Waals surface area contributed by atoms with E-state index in [0.29, 0.717) is 18.7 Å². The van der Waals surface area contributed by atoms with Gasteiger partial charge < -0.3 is 10.1 Å². The first-order valence-corrected chi connectivity index (χ1v) is 4.32. The minimum atomic E-state index is -0.382. The Bertz CT molecular complexity index is 344. The second kappa shape index (κ2) is 5.13. The van der Waals surface area contributed by atoms with E-state index in [4.69, 9.17) is 11.2 Å². The van der Waals surface area contributed by atoms with Gasteiger partial charge in [0.05, 0.1) is 12.3 Å². The van der Waals surface area contributed by atoms with E-state index < -0.39 is 0 Å². The lowest BCUT2D eigenvalue weighted by Gasteiger charge is -2.08. The molecule has 0 heterocycles. The second-order valence-electron chi connectivity index (χ2n) is 2.67. The van der Waals surface area contributed by atoms with Gasteiger partial charge in [-0.15, -0.1) is 12.3 Å². The van der Waals surface area contributed by atoms with Gasteiger partial charge in [-0.25, -0.2) is 4.39 Å². The molecular formula is C11H12FNO. The number of nitrogens with one attached hydrogen (secondary N) is 1. The summed E-state index contributed by atoms with van der Waals surface area (Å²) in [4.78, 5) is 0. The van der Waals surface area contributed by atoms with E-state index in [0.717, 1.165) is 0 Å². The molecule has 1 rings (SSSR count). The maximum Gasteiger partial charge on any atom is 0.188 e. The normalized spacial score (nSPS) is 9.21. The summed E-state index contributed by atoms with van der Waals surface area (Å²) in [6.07, 6.45) is 5.53. The van der Waals surface area contributed by atoms with Gasteiger partial charge in [0, 0.05) is 13.5 Å². The highest BCUT2D eigenvalue weighted by atomic mass is 19.1. The molecule has 0 fully saturated rings. The Hall–Kier alpha value is -1.69. The fraction of sp³-hybridized carbons (Fsp3) is 0.273. The molecule has 0 bridgehead atoms. The second-order valence-corrected chi connectivity index (χ2v) is 2.67. The van der Waals surface area contributed by atoms with E-state index in [1.165, 1.54) is 0 Å². The summed E-state index contributed by atoms with van der Waals surface area (Å²) in [7, 11) is 1.66. The lowest BCUT2D eigenvalue weighted by molar-refractivity contribution is 0.310. The molecule has 74 valence electrons. The molecule has 3 heteroatoms. The number of terminal acetylenes is 1. The van der Waals surface area contributed by atoms with E-state index in [-0.39, 0.29) is 11.6 Å². The van der Waals surface area contributed by atoms with E-state index in [9.17, 15) is 4.39 Å². The van der Waals surface area contributed by atoms with Gasteiger partial charge in [-0.2, -0.15) is 0 Å². The molecule has 1 aromatic rings. The van der Waals surface area contributed by atoms with Crippen molar-refractivity contribution >= 4 is 5.69 Å². The van der Waals surface area contributed by atoms with Crippen LogP contribution in [0, 0.1) is 18.2 Å². The zero-order valence-electron chi connectivity index (χ0n) is 8.01. The highest BCUT2D eigenvalue weighted by Crippen LogP contribution is 2.23. The first kappa shape index (κ1) is 10.4. The fourth-order valence-electron chi connectivity index (χ4n) is 1.04. The molecule has 2 nitrogen and oxygen atoms in total. The van der Waals surface area contributed by atoms with Crippen molar-refractivity contribution in [1.29, 1.82) is 0 Å². The molecule has 0 atom stereocenters. The molecular weight excluding hydrogens is 181 g/mol. The molecule has 1 aromatic carbocycles. The Morgan fingerprint density at radius 2 is 2.36 bits per heavy atom. The molecule has 0 aliphatic rings. The Kier molecular flexibility index (Phi) is 3.81. The molecule has 0 spiro atoms. The van der Waals surface area contributed by atoms with Gasteiger partial charge in [-0.1, -0.05) is 6.07 Å². The minimum absolute atomic E-state index is 0.229. The number of ether oxygens (including phenoxy) is 1. The van der Waals surface area contributed by atoms with Crippen molar-refractivity contribution in [2.24, 2.45) is 0 Å². The summed E-state index contributed by atoms with van der Waals surface area (Å²) in [5.74, 6) is 2.27. The summed E-state index contributed by atoms with van der Waals surface area (Å²) in [5.41, 5.74) is 0.420. The molecule has 14 heavy (non-hydrogen) atoms. The van der Waals surface area contributed by atoms with Crippen LogP contribution in [0.3, 0.4) is 0 Å². The Balaban J connectivity index is 2.72. The number of hydrogen-bond acceptors (Lipinski definition) is 2. The summed E-state index contributed by atoms with van der Waals surface area (Å²) >= 11 is 0. The third-order valence-electron chi connectivity index (χ3n) is 1.74. The third kappa shape index (κ3) is 2.40. The molecule has 0 amide bonds. The van der Waals surface area contributed by atoms with Crippen LogP contribution >= 0.6 is 0 Å². The third-order valence-corrected chi connectivity index (χ3v) is 1.74. The average Bonchev–Trinajstić information content (AvgIpc) is 2.21. The van der Waals surface area contributed by atoms with Crippen LogP contribution in [0.1, 0.15) is 6.42 Å². The minimum Gasteiger partial charge on any atom is -0.489 e. The quantitative estimate of drug-likeness (QED) is 0.585. The van der Waals surface area contributed by atoms with Crippen molar-refractivity contribution in [2.45, 2.75) is 6.42 Å². The van der Waals surface area contributed by atoms with Gasteiger partial charge in [0.25, 0.3) is 0 Å². The smallest absolute Gasteiger partial charge is 0.188 e. The van der Waals surface area contributed by atoms with Crippen LogP contribution in [0.4, 0.5) is 10.1 Å². The topological polar surface area (TPSA) is 21.3 Å². The standard InChI is InChI=1S/C11H12FNO/c1-3-4-8-14-10-7-5-6-9(13-2)11(10)12/h1,5-7,13H,4,8H2,2H3. The van der Waals surface area contributed by atoms with E-state index in [2.05, 4.69) is 11.2 Å². The number of benzene rings is 1. The number of rotatable bonds is 4. The largest absolute Gasteiger partial charge is 0.489 e. The van der Waals surface area contributed by atoms with Crippen molar-refractivity contribution in [3.05, 3.63) is 24.0 Å². The van der Waals surface area contributed by atoms with Gasteiger partial charge in [-0.3, -0.25) is 0 Å². The number of anilines is 1. The lowest BCUT2D eigenvalue weighted by Crippen LogP contribution is -2.00. The highest BCUT2D eigenvalue weighted by molar-refractivity contribution is 5.49. The van der Waals surface area contributed by atoms with E-state index in [1.54, 1.807) is 25.2 Å². The maximum atomic E-state index is 13.5. The van der Waals surface area contributed by atoms with E-state index in [1.807, 2.05) is 0 Å². The molecule has 0 aromatic heterocycles. The molecule has 0 unspecified atom stereocenters. The predicted molar refractivity (Wildman–Crippen MR) is 54.9 cm³/mol. The van der Waals surface area contributed by atoms with Crippen LogP contribution < -0.4 is 10.1 Å². The molecule has 0 aliphatic heterocycles. The Labute approximate surface area is 83.1 Å². The van der Waals surface area contributed by atoms with Crippen molar-refractivity contribution in [2.75, 3.05) is 19.0 Å². The summed E-state index contributed by atoms with van der Waals surface area (Å²) < 4.78 is 18.6. The fourth-order valence-corrected chi connectivity index (χ4v) is 1.04. The molecule has 0 radical (unpaired) electrons. The lowest BCUT2D eigenvalue weighted by atomic mass is 10.3. The van der Waals surface area contributed by atoms with Gasteiger partial charge >= 0.3 is 0 Å². The van der Waals surface area contributed by atoms with Crippen molar-refractivity contribution in [3.63, 3.8) is 0 Å². The predicted octanol–water partition coefficient (Wildman–Crippen LogP) is 2.27. The zero-order valence-corrected chi connectivity index (χ0v) is 8.01. The maximum absolute atomic E-state index is 13.5. The summed E-state index contributed by atoms with van der Waals surface area (Å²) in [6.45, 7) is 0.334. The van der Waals surface area contributed by atoms with Crippen molar-refractivity contribution in [3.8, 4) is 18.1 Å². The molecule has 0 aliphatic carbocycles. The van der Waals surface area contributed by atoms with Gasteiger partial charge in [0.15, 0.2) is 11.6 Å². The SMILES string of the molecule is C#CCCOc1cccc(NC)c1F. The monoisotopic (exact) mass is 193 g/mol. The van der Waals surface area contributed by atoms with Gasteiger partial charge in [0.1, 0.15) is 0 Å². The Morgan fingerprint density at radius 1 is 1.57 bits per heavy atom. The zero-order chi connectivity index (χ0) is 10.4. The Morgan fingerprint density at radius 3 is 3.00 bits per heavy atom. The average molecular weight is 193 g/mol. The first-order valence-electron chi connectivity index (χ1n) is 4.32. The first-order chi connectivity index (χ1) is 6.79. The van der Waals surface area contributed by atoms with E-state index >= 15 is 0 Å². The van der Waals surface area contributed by atoms with Crippen molar-refractivity contribution in [1.82, 2.24) is 0 Å². The summed E-state index contributed by atoms with van der Waals surface area (Å²) in [5, 5.41) is 2.73. The van der Waals surface area contributed by atoms with Crippen LogP contribution in [-0.4, -0.2) is 13.7 Å². The van der Waals surface area contributed by atoms with Crippen LogP contribution in [0.25, 0.3) is 0 Å². The van der Waals surface area contributed by atoms with Gasteiger partial charge in [-0.05, 0) is 12.1 Å². The molecule has 0 saturated carbocycles. The van der Waals surface area contributed by atoms with Crippen LogP contribution in [0.2, 0.25) is 0 Å². The molecule has 1 N–H and O–H groups in total. The van der Waals surface area contributed by atoms with Crippen LogP contribution in [0.5, 0.6) is 5.75 Å². The number of hydrogen-bond donors (Lipinski definition) is 1. The van der Waals surface area contributed by atoms with Crippen LogP contribution in [0.15, 0.2) is 18.2 Å². The number of halogens is 1. The summed E-state index contributed by atoms with van der Waals surface area (Å²) in [6, 6.07) is 4.94. The van der Waals surface area contributed by atoms with Gasteiger partial charge in [0.2, 0.25) is 0 Å². The molecule has 0 saturated heterocycles. The van der Waals surface area contributed by atoms with Crippen molar-refractivity contribution < 1.29 is 9.13 Å². The van der Waals surface area contributed by atoms with Crippen LogP contribution in [-0.2, 0) is 0 Å². The highest BCUT2D eigenvalue weighted by Gasteiger charge is 2.06.